The van der Waals surface area contributed by atoms with Crippen LogP contribution in [0.15, 0.2) is 93.6 Å². The van der Waals surface area contributed by atoms with Gasteiger partial charge in [-0.2, -0.15) is 0 Å². The lowest BCUT2D eigenvalue weighted by atomic mass is 9.91. The van der Waals surface area contributed by atoms with E-state index < -0.39 is 0 Å². The van der Waals surface area contributed by atoms with Gasteiger partial charge in [0.2, 0.25) is 5.04 Å². The van der Waals surface area contributed by atoms with Gasteiger partial charge in [0, 0.05) is 23.5 Å². The summed E-state index contributed by atoms with van der Waals surface area (Å²) in [5.41, 5.74) is 8.32. The molecule has 0 radical (unpaired) electrons. The van der Waals surface area contributed by atoms with E-state index in [-0.39, 0.29) is 16.9 Å². The van der Waals surface area contributed by atoms with Gasteiger partial charge in [0.15, 0.2) is 6.04 Å². The third-order valence-electron chi connectivity index (χ3n) is 9.75. The monoisotopic (exact) mass is 678 g/mol. The van der Waals surface area contributed by atoms with Crippen molar-refractivity contribution in [3.8, 4) is 0 Å². The van der Waals surface area contributed by atoms with Crippen LogP contribution in [0.3, 0.4) is 0 Å². The fourth-order valence-corrected chi connectivity index (χ4v) is 11.6. The number of hydrogen-bond acceptors (Lipinski definition) is 5. The predicted molar refractivity (Wildman–Crippen MR) is 203 cm³/mol. The molecule has 7 heteroatoms. The second kappa shape index (κ2) is 14.1. The summed E-state index contributed by atoms with van der Waals surface area (Å²) < 4.78 is 6.41. The molecule has 0 amide bonds. The second-order valence-corrected chi connectivity index (χ2v) is 15.6. The molecule has 4 aromatic rings. The lowest BCUT2D eigenvalue weighted by molar-refractivity contribution is -0.562. The molecule has 0 N–H and O–H groups in total. The lowest BCUT2D eigenvalue weighted by Crippen LogP contribution is -2.32. The standard InChI is InChI=1S/C40H44N3OS3/c1-5-27(25-33-41(6-2)32-24-23-28-17-15-16-22-31(28)39(32)47-33)38-40(44)43(8-4)35(46-38)26-34-42(7-3)36(29-18-11-9-12-19-29)37(45-34)30-20-13-10-14-21-30/h9-14,18-21,23-26,36-37H,5-8,15-17,22H2,1-4H3/q+1/b33-25-,38-27-/t36-,37+/m0/s1. The summed E-state index contributed by atoms with van der Waals surface area (Å²) in [5, 5.41) is 2.74. The van der Waals surface area contributed by atoms with Crippen molar-refractivity contribution in [1.29, 1.82) is 0 Å². The second-order valence-electron chi connectivity index (χ2n) is 12.4. The highest BCUT2D eigenvalue weighted by atomic mass is 32.2. The molecule has 0 spiro atoms. The topological polar surface area (TPSA) is 28.2 Å². The molecule has 0 fully saturated rings. The first-order valence-electron chi connectivity index (χ1n) is 17.2. The zero-order chi connectivity index (χ0) is 32.5. The van der Waals surface area contributed by atoms with Crippen molar-refractivity contribution in [2.24, 2.45) is 0 Å². The summed E-state index contributed by atoms with van der Waals surface area (Å²) in [5.74, 6) is 0. The molecular weight excluding hydrogens is 635 g/mol. The number of thiazole rings is 1. The zero-order valence-corrected chi connectivity index (χ0v) is 30.3. The van der Waals surface area contributed by atoms with Gasteiger partial charge in [0.1, 0.15) is 16.5 Å². The van der Waals surface area contributed by atoms with E-state index in [0.29, 0.717) is 6.54 Å². The third kappa shape index (κ3) is 6.00. The number of rotatable bonds is 8. The van der Waals surface area contributed by atoms with Crippen LogP contribution >= 0.6 is 34.9 Å². The Labute approximate surface area is 291 Å². The quantitative estimate of drug-likeness (QED) is 0.176. The van der Waals surface area contributed by atoms with Gasteiger partial charge >= 0.3 is 0 Å². The van der Waals surface area contributed by atoms with Gasteiger partial charge in [-0.1, -0.05) is 85.4 Å². The molecule has 0 unspecified atom stereocenters. The highest BCUT2D eigenvalue weighted by Crippen LogP contribution is 2.50. The SMILES string of the molecule is CCC(/C=C1\Sc2c(ccc3c2CCCC3)N1CC)=c1/sc(=CC2=[N+](CC)[C@@H](c3ccccc3)[C@@H](c3ccccc3)S2)n(CC)c1=O. The first-order valence-corrected chi connectivity index (χ1v) is 19.7. The van der Waals surface area contributed by atoms with Crippen LogP contribution in [-0.4, -0.2) is 27.3 Å². The van der Waals surface area contributed by atoms with Crippen LogP contribution in [0, 0.1) is 0 Å². The number of thioether (sulfide) groups is 2. The first-order chi connectivity index (χ1) is 23.1. The van der Waals surface area contributed by atoms with Gasteiger partial charge in [0.25, 0.3) is 5.56 Å². The van der Waals surface area contributed by atoms with Gasteiger partial charge in [-0.05, 0) is 99.0 Å². The Hall–Kier alpha value is -3.26. The van der Waals surface area contributed by atoms with Crippen LogP contribution in [0.25, 0.3) is 11.6 Å². The molecule has 1 aromatic heterocycles. The number of benzene rings is 3. The highest BCUT2D eigenvalue weighted by Gasteiger charge is 2.43. The normalized spacial score (nSPS) is 21.1. The van der Waals surface area contributed by atoms with Gasteiger partial charge in [-0.25, -0.2) is 4.58 Å². The molecule has 2 aliphatic heterocycles. The summed E-state index contributed by atoms with van der Waals surface area (Å²) in [6.45, 7) is 11.2. The minimum absolute atomic E-state index is 0.129. The van der Waals surface area contributed by atoms with Crippen molar-refractivity contribution in [1.82, 2.24) is 4.57 Å². The Bertz CT molecular complexity index is 2020. The average molecular weight is 679 g/mol. The number of nitrogens with zero attached hydrogens (tertiary/aromatic N) is 3. The Balaban J connectivity index is 1.34. The maximum atomic E-state index is 14.1. The molecule has 1 aliphatic carbocycles. The summed E-state index contributed by atoms with van der Waals surface area (Å²) >= 11 is 5.50. The summed E-state index contributed by atoms with van der Waals surface area (Å²) in [7, 11) is 0. The summed E-state index contributed by atoms with van der Waals surface area (Å²) in [4.78, 5) is 18.0. The van der Waals surface area contributed by atoms with Crippen molar-refractivity contribution in [3.05, 3.63) is 126 Å². The van der Waals surface area contributed by atoms with Gasteiger partial charge in [0.05, 0.1) is 21.3 Å². The third-order valence-corrected chi connectivity index (χ3v) is 13.5. The summed E-state index contributed by atoms with van der Waals surface area (Å²) in [6.07, 6.45) is 10.3. The summed E-state index contributed by atoms with van der Waals surface area (Å²) in [6, 6.07) is 26.7. The van der Waals surface area contributed by atoms with Crippen molar-refractivity contribution < 1.29 is 4.58 Å². The fourth-order valence-electron chi connectivity index (χ4n) is 7.37. The molecule has 242 valence electrons. The van der Waals surface area contributed by atoms with Crippen LogP contribution in [0.1, 0.15) is 80.5 Å². The molecule has 3 aliphatic rings. The Kier molecular flexibility index (Phi) is 9.67. The van der Waals surface area contributed by atoms with Gasteiger partial charge < -0.3 is 4.90 Å². The van der Waals surface area contributed by atoms with Crippen LogP contribution < -0.4 is 19.7 Å². The Morgan fingerprint density at radius 1 is 0.894 bits per heavy atom. The Morgan fingerprint density at radius 2 is 1.62 bits per heavy atom. The van der Waals surface area contributed by atoms with E-state index in [1.807, 2.05) is 28.1 Å². The lowest BCUT2D eigenvalue weighted by Gasteiger charge is -2.21. The molecule has 0 saturated carbocycles. The molecule has 0 bridgehead atoms. The number of anilines is 1. The van der Waals surface area contributed by atoms with Gasteiger partial charge in [-0.3, -0.25) is 9.36 Å². The highest BCUT2D eigenvalue weighted by molar-refractivity contribution is 8.15. The van der Waals surface area contributed by atoms with Crippen molar-refractivity contribution in [2.45, 2.75) is 82.5 Å². The maximum Gasteiger partial charge on any atom is 0.269 e. The minimum Gasteiger partial charge on any atom is -0.335 e. The number of aromatic nitrogens is 1. The number of aryl methyl sites for hydroxylation is 1. The maximum absolute atomic E-state index is 14.1. The predicted octanol–water partition coefficient (Wildman–Crippen LogP) is 8.28. The van der Waals surface area contributed by atoms with Crippen molar-refractivity contribution in [2.75, 3.05) is 18.0 Å². The molecule has 47 heavy (non-hydrogen) atoms. The Morgan fingerprint density at radius 3 is 2.30 bits per heavy atom. The molecule has 3 aromatic carbocycles. The number of likely N-dealkylation sites (N-methyl/N-ethyl adjacent to an activating group) is 1. The van der Waals surface area contributed by atoms with E-state index in [9.17, 15) is 4.79 Å². The van der Waals surface area contributed by atoms with Crippen LogP contribution in [0.4, 0.5) is 5.69 Å². The van der Waals surface area contributed by atoms with Crippen molar-refractivity contribution >= 4 is 57.2 Å². The fraction of sp³-hybridized carbons (Fsp3) is 0.350. The van der Waals surface area contributed by atoms with Crippen LogP contribution in [-0.2, 0) is 19.4 Å². The molecule has 3 heterocycles. The van der Waals surface area contributed by atoms with E-state index in [1.54, 1.807) is 16.9 Å². The van der Waals surface area contributed by atoms with E-state index in [1.165, 1.54) is 63.0 Å². The molecule has 4 nitrogen and oxygen atoms in total. The zero-order valence-electron chi connectivity index (χ0n) is 27.9. The number of hydrogen-bond donors (Lipinski definition) is 0. The average Bonchev–Trinajstić information content (AvgIpc) is 3.78. The first kappa shape index (κ1) is 32.3. The van der Waals surface area contributed by atoms with Crippen LogP contribution in [0.2, 0.25) is 0 Å². The molecule has 2 atom stereocenters. The van der Waals surface area contributed by atoms with Gasteiger partial charge in [-0.15, -0.1) is 11.3 Å². The van der Waals surface area contributed by atoms with E-state index in [4.69, 9.17) is 0 Å². The molecule has 0 saturated heterocycles. The number of allylic oxidation sites excluding steroid dienone is 1. The van der Waals surface area contributed by atoms with Crippen LogP contribution in [0.5, 0.6) is 0 Å². The minimum atomic E-state index is 0.129. The molecule has 7 rings (SSSR count). The van der Waals surface area contributed by atoms with E-state index in [2.05, 4.69) is 122 Å². The van der Waals surface area contributed by atoms with E-state index in [0.717, 1.165) is 34.3 Å². The number of fused-ring (bicyclic) bond motifs is 3. The largest absolute Gasteiger partial charge is 0.335 e. The smallest absolute Gasteiger partial charge is 0.269 e. The molecular formula is C40H44N3OS3+. The van der Waals surface area contributed by atoms with E-state index >= 15 is 0 Å². The van der Waals surface area contributed by atoms with Crippen molar-refractivity contribution in [3.63, 3.8) is 0 Å².